The maximum atomic E-state index is 5.96. The summed E-state index contributed by atoms with van der Waals surface area (Å²) in [6.45, 7) is 5.04. The average Bonchev–Trinajstić information content (AvgIpc) is 2.53. The largest absolute Gasteiger partial charge is 0.493 e. The summed E-state index contributed by atoms with van der Waals surface area (Å²) in [6.07, 6.45) is 3.18. The molecule has 3 heteroatoms. The lowest BCUT2D eigenvalue weighted by Crippen LogP contribution is -2.14. The molecular weight excluding hydrogens is 294 g/mol. The van der Waals surface area contributed by atoms with E-state index in [1.807, 2.05) is 6.07 Å². The van der Waals surface area contributed by atoms with Gasteiger partial charge in [0.05, 0.1) is 6.61 Å². The maximum absolute atomic E-state index is 5.96. The molecule has 0 spiro atoms. The van der Waals surface area contributed by atoms with Crippen LogP contribution in [0.3, 0.4) is 0 Å². The van der Waals surface area contributed by atoms with Crippen molar-refractivity contribution in [1.29, 1.82) is 0 Å². The van der Waals surface area contributed by atoms with Crippen LogP contribution >= 0.6 is 12.4 Å². The Bertz CT molecular complexity index is 516. The third-order valence-corrected chi connectivity index (χ3v) is 3.47. The predicted molar refractivity (Wildman–Crippen MR) is 96.2 cm³/mol. The molecule has 0 aliphatic rings. The van der Waals surface area contributed by atoms with Crippen molar-refractivity contribution in [3.63, 3.8) is 0 Å². The van der Waals surface area contributed by atoms with Gasteiger partial charge >= 0.3 is 0 Å². The van der Waals surface area contributed by atoms with Gasteiger partial charge in [0.25, 0.3) is 0 Å². The summed E-state index contributed by atoms with van der Waals surface area (Å²) >= 11 is 0. The standard InChI is InChI=1S/C19H25NO.ClH/c1-2-20-14-8-9-15-21-19-13-7-6-12-18(19)16-17-10-4-3-5-11-17;/h3-7,10-13,20H,2,8-9,14-16H2,1H3;1H. The molecule has 0 aromatic heterocycles. The van der Waals surface area contributed by atoms with Gasteiger partial charge in [0.1, 0.15) is 5.75 Å². The minimum Gasteiger partial charge on any atom is -0.493 e. The molecule has 2 rings (SSSR count). The lowest BCUT2D eigenvalue weighted by atomic mass is 10.0. The molecule has 0 saturated carbocycles. The van der Waals surface area contributed by atoms with E-state index in [4.69, 9.17) is 4.74 Å². The Hall–Kier alpha value is -1.51. The summed E-state index contributed by atoms with van der Waals surface area (Å²) in [6, 6.07) is 18.9. The summed E-state index contributed by atoms with van der Waals surface area (Å²) in [5.41, 5.74) is 2.58. The Morgan fingerprint density at radius 2 is 1.64 bits per heavy atom. The van der Waals surface area contributed by atoms with Gasteiger partial charge in [-0.2, -0.15) is 0 Å². The van der Waals surface area contributed by atoms with Gasteiger partial charge in [-0.3, -0.25) is 0 Å². The van der Waals surface area contributed by atoms with E-state index < -0.39 is 0 Å². The van der Waals surface area contributed by atoms with Crippen LogP contribution in [0.5, 0.6) is 5.75 Å². The molecule has 0 atom stereocenters. The number of hydrogen-bond acceptors (Lipinski definition) is 2. The van der Waals surface area contributed by atoms with Gasteiger partial charge in [0.15, 0.2) is 0 Å². The highest BCUT2D eigenvalue weighted by Crippen LogP contribution is 2.21. The Morgan fingerprint density at radius 1 is 0.909 bits per heavy atom. The third-order valence-electron chi connectivity index (χ3n) is 3.47. The number of benzene rings is 2. The number of para-hydroxylation sites is 1. The minimum atomic E-state index is 0. The second kappa shape index (κ2) is 11.1. The molecule has 22 heavy (non-hydrogen) atoms. The van der Waals surface area contributed by atoms with Crippen LogP contribution in [0, 0.1) is 0 Å². The van der Waals surface area contributed by atoms with Gasteiger partial charge in [-0.1, -0.05) is 55.5 Å². The van der Waals surface area contributed by atoms with E-state index in [-0.39, 0.29) is 12.4 Å². The van der Waals surface area contributed by atoms with Crippen LogP contribution in [0.4, 0.5) is 0 Å². The Morgan fingerprint density at radius 3 is 2.41 bits per heavy atom. The first-order valence-electron chi connectivity index (χ1n) is 7.85. The fraction of sp³-hybridized carbons (Fsp3) is 0.368. The molecule has 1 N–H and O–H groups in total. The van der Waals surface area contributed by atoms with Crippen molar-refractivity contribution in [2.75, 3.05) is 19.7 Å². The summed E-state index contributed by atoms with van der Waals surface area (Å²) in [7, 11) is 0. The minimum absolute atomic E-state index is 0. The number of hydrogen-bond donors (Lipinski definition) is 1. The van der Waals surface area contributed by atoms with E-state index in [2.05, 4.69) is 60.8 Å². The summed E-state index contributed by atoms with van der Waals surface area (Å²) in [5, 5.41) is 3.34. The second-order valence-electron chi connectivity index (χ2n) is 5.18. The Kier molecular flexibility index (Phi) is 9.36. The quantitative estimate of drug-likeness (QED) is 0.689. The molecule has 2 aromatic carbocycles. The van der Waals surface area contributed by atoms with Gasteiger partial charge in [-0.15, -0.1) is 12.4 Å². The van der Waals surface area contributed by atoms with Crippen molar-refractivity contribution in [3.05, 3.63) is 65.7 Å². The molecule has 0 aliphatic carbocycles. The average molecular weight is 320 g/mol. The molecular formula is C19H26ClNO. The number of ether oxygens (including phenoxy) is 1. The van der Waals surface area contributed by atoms with Crippen LogP contribution in [0.25, 0.3) is 0 Å². The van der Waals surface area contributed by atoms with Gasteiger partial charge in [0, 0.05) is 6.42 Å². The fourth-order valence-corrected chi connectivity index (χ4v) is 2.32. The molecule has 0 amide bonds. The summed E-state index contributed by atoms with van der Waals surface area (Å²) < 4.78 is 5.96. The molecule has 0 heterocycles. The summed E-state index contributed by atoms with van der Waals surface area (Å²) in [4.78, 5) is 0. The lowest BCUT2D eigenvalue weighted by molar-refractivity contribution is 0.303. The zero-order valence-corrected chi connectivity index (χ0v) is 14.1. The van der Waals surface area contributed by atoms with Crippen molar-refractivity contribution < 1.29 is 4.74 Å². The molecule has 0 saturated heterocycles. The predicted octanol–water partition coefficient (Wildman–Crippen LogP) is 4.47. The SMILES string of the molecule is CCNCCCCOc1ccccc1Cc1ccccc1.Cl. The van der Waals surface area contributed by atoms with E-state index in [1.165, 1.54) is 11.1 Å². The molecule has 0 unspecified atom stereocenters. The van der Waals surface area contributed by atoms with E-state index in [1.54, 1.807) is 0 Å². The Labute approximate surface area is 140 Å². The van der Waals surface area contributed by atoms with Gasteiger partial charge in [-0.05, 0) is 43.1 Å². The van der Waals surface area contributed by atoms with Crippen LogP contribution in [0.1, 0.15) is 30.9 Å². The zero-order chi connectivity index (χ0) is 14.8. The number of nitrogens with one attached hydrogen (secondary N) is 1. The molecule has 0 fully saturated rings. The monoisotopic (exact) mass is 319 g/mol. The highest BCUT2D eigenvalue weighted by Gasteiger charge is 2.03. The zero-order valence-electron chi connectivity index (χ0n) is 13.3. The van der Waals surface area contributed by atoms with E-state index in [0.717, 1.165) is 44.7 Å². The molecule has 2 aromatic rings. The van der Waals surface area contributed by atoms with E-state index >= 15 is 0 Å². The fourth-order valence-electron chi connectivity index (χ4n) is 2.32. The normalized spacial score (nSPS) is 10.0. The van der Waals surface area contributed by atoms with Crippen molar-refractivity contribution >= 4 is 12.4 Å². The third kappa shape index (κ3) is 6.50. The summed E-state index contributed by atoms with van der Waals surface area (Å²) in [5.74, 6) is 1.02. The van der Waals surface area contributed by atoms with Crippen molar-refractivity contribution in [3.8, 4) is 5.75 Å². The van der Waals surface area contributed by atoms with Crippen LogP contribution in [0.2, 0.25) is 0 Å². The first kappa shape index (κ1) is 18.5. The molecule has 0 radical (unpaired) electrons. The van der Waals surface area contributed by atoms with Crippen LogP contribution in [0.15, 0.2) is 54.6 Å². The smallest absolute Gasteiger partial charge is 0.122 e. The van der Waals surface area contributed by atoms with E-state index in [0.29, 0.717) is 0 Å². The van der Waals surface area contributed by atoms with E-state index in [9.17, 15) is 0 Å². The first-order chi connectivity index (χ1) is 10.4. The number of unbranched alkanes of at least 4 members (excludes halogenated alkanes) is 1. The first-order valence-corrected chi connectivity index (χ1v) is 7.85. The molecule has 120 valence electrons. The van der Waals surface area contributed by atoms with Crippen LogP contribution in [-0.4, -0.2) is 19.7 Å². The second-order valence-corrected chi connectivity index (χ2v) is 5.18. The highest BCUT2D eigenvalue weighted by molar-refractivity contribution is 5.85. The highest BCUT2D eigenvalue weighted by atomic mass is 35.5. The molecule has 2 nitrogen and oxygen atoms in total. The van der Waals surface area contributed by atoms with Gasteiger partial charge < -0.3 is 10.1 Å². The number of halogens is 1. The van der Waals surface area contributed by atoms with Crippen LogP contribution in [-0.2, 0) is 6.42 Å². The van der Waals surface area contributed by atoms with Gasteiger partial charge in [-0.25, -0.2) is 0 Å². The lowest BCUT2D eigenvalue weighted by Gasteiger charge is -2.11. The van der Waals surface area contributed by atoms with Crippen LogP contribution < -0.4 is 10.1 Å². The maximum Gasteiger partial charge on any atom is 0.122 e. The van der Waals surface area contributed by atoms with Crippen molar-refractivity contribution in [1.82, 2.24) is 5.32 Å². The van der Waals surface area contributed by atoms with Crippen molar-refractivity contribution in [2.45, 2.75) is 26.2 Å². The molecule has 0 aliphatic heterocycles. The number of rotatable bonds is 9. The Balaban J connectivity index is 0.00000242. The molecule has 0 bridgehead atoms. The van der Waals surface area contributed by atoms with Crippen molar-refractivity contribution in [2.24, 2.45) is 0 Å². The van der Waals surface area contributed by atoms with Gasteiger partial charge in [0.2, 0.25) is 0 Å². The topological polar surface area (TPSA) is 21.3 Å².